The zero-order valence-corrected chi connectivity index (χ0v) is 15.1. The van der Waals surface area contributed by atoms with Crippen LogP contribution in [0.15, 0.2) is 42.5 Å². The fourth-order valence-corrected chi connectivity index (χ4v) is 2.54. The van der Waals surface area contributed by atoms with E-state index in [9.17, 15) is 14.4 Å². The van der Waals surface area contributed by atoms with E-state index in [0.717, 1.165) is 23.2 Å². The van der Waals surface area contributed by atoms with E-state index in [2.05, 4.69) is 15.4 Å². The molecule has 0 atom stereocenters. The molecule has 0 aliphatic rings. The Bertz CT molecular complexity index is 813. The molecule has 0 fully saturated rings. The van der Waals surface area contributed by atoms with E-state index >= 15 is 0 Å². The maximum Gasteiger partial charge on any atom is 0.337 e. The summed E-state index contributed by atoms with van der Waals surface area (Å²) in [6.07, 6.45) is 0.492. The molecule has 0 aliphatic heterocycles. The fourth-order valence-electron chi connectivity index (χ4n) is 2.54. The molecule has 2 amide bonds. The van der Waals surface area contributed by atoms with E-state index in [4.69, 9.17) is 0 Å². The minimum absolute atomic E-state index is 0.295. The summed E-state index contributed by atoms with van der Waals surface area (Å²) in [5, 5.41) is 5.45. The van der Waals surface area contributed by atoms with Gasteiger partial charge in [-0.05, 0) is 48.7 Å². The van der Waals surface area contributed by atoms with Gasteiger partial charge < -0.3 is 15.4 Å². The van der Waals surface area contributed by atoms with Crippen LogP contribution in [0.2, 0.25) is 0 Å². The maximum atomic E-state index is 12.2. The van der Waals surface area contributed by atoms with Gasteiger partial charge >= 0.3 is 5.97 Å². The van der Waals surface area contributed by atoms with Gasteiger partial charge in [-0.15, -0.1) is 0 Å². The summed E-state index contributed by atoms with van der Waals surface area (Å²) in [5.74, 6) is -1.26. The summed E-state index contributed by atoms with van der Waals surface area (Å²) < 4.78 is 4.62. The summed E-state index contributed by atoms with van der Waals surface area (Å²) in [7, 11) is 1.30. The fraction of sp³-hybridized carbons (Fsp3) is 0.250. The number of amides is 2. The zero-order valence-electron chi connectivity index (χ0n) is 15.1. The molecule has 2 rings (SSSR count). The van der Waals surface area contributed by atoms with E-state index in [1.54, 1.807) is 24.3 Å². The van der Waals surface area contributed by atoms with Crippen molar-refractivity contribution in [2.24, 2.45) is 0 Å². The molecule has 0 saturated carbocycles. The highest BCUT2D eigenvalue weighted by atomic mass is 16.5. The Morgan fingerprint density at radius 3 is 2.23 bits per heavy atom. The quantitative estimate of drug-likeness (QED) is 0.616. The Kier molecular flexibility index (Phi) is 6.49. The molecule has 2 aromatic rings. The zero-order chi connectivity index (χ0) is 19.1. The number of hydrogen-bond acceptors (Lipinski definition) is 4. The Hall–Kier alpha value is -3.15. The lowest BCUT2D eigenvalue weighted by molar-refractivity contribution is -0.123. The molecule has 0 bridgehead atoms. The smallest absolute Gasteiger partial charge is 0.337 e. The second kappa shape index (κ2) is 8.80. The second-order valence-corrected chi connectivity index (χ2v) is 5.80. The third-order valence-corrected chi connectivity index (χ3v) is 3.92. The molecule has 6 nitrogen and oxygen atoms in total. The van der Waals surface area contributed by atoms with Gasteiger partial charge in [-0.25, -0.2) is 4.79 Å². The van der Waals surface area contributed by atoms with Crippen molar-refractivity contribution in [3.63, 3.8) is 0 Å². The summed E-state index contributed by atoms with van der Waals surface area (Å²) in [6, 6.07) is 12.1. The molecule has 0 aromatic heterocycles. The number of benzene rings is 2. The third kappa shape index (κ3) is 4.92. The molecular weight excluding hydrogens is 332 g/mol. The van der Waals surface area contributed by atoms with Crippen LogP contribution in [0.3, 0.4) is 0 Å². The molecule has 0 radical (unpaired) electrons. The van der Waals surface area contributed by atoms with Crippen molar-refractivity contribution in [3.05, 3.63) is 59.2 Å². The van der Waals surface area contributed by atoms with Gasteiger partial charge in [0.15, 0.2) is 0 Å². The third-order valence-electron chi connectivity index (χ3n) is 3.92. The van der Waals surface area contributed by atoms with Crippen LogP contribution in [-0.4, -0.2) is 24.9 Å². The van der Waals surface area contributed by atoms with Gasteiger partial charge in [-0.2, -0.15) is 0 Å². The lowest BCUT2D eigenvalue weighted by Gasteiger charge is -2.13. The number of carbonyl (C=O) groups is 3. The molecule has 0 saturated heterocycles. The van der Waals surface area contributed by atoms with E-state index in [1.807, 2.05) is 32.0 Å². The Labute approximate surface area is 152 Å². The van der Waals surface area contributed by atoms with E-state index < -0.39 is 11.9 Å². The lowest BCUT2D eigenvalue weighted by atomic mass is 10.1. The molecule has 6 heteroatoms. The van der Waals surface area contributed by atoms with Crippen molar-refractivity contribution in [1.29, 1.82) is 0 Å². The molecule has 26 heavy (non-hydrogen) atoms. The van der Waals surface area contributed by atoms with E-state index in [1.165, 1.54) is 7.11 Å². The first-order chi connectivity index (χ1) is 12.4. The van der Waals surface area contributed by atoms with Crippen LogP contribution in [0.5, 0.6) is 0 Å². The van der Waals surface area contributed by atoms with Crippen LogP contribution in [0, 0.1) is 6.92 Å². The number of carbonyl (C=O) groups excluding carboxylic acids is 3. The summed E-state index contributed by atoms with van der Waals surface area (Å²) in [4.78, 5) is 35.6. The molecule has 2 N–H and O–H groups in total. The van der Waals surface area contributed by atoms with Crippen molar-refractivity contribution in [1.82, 2.24) is 0 Å². The van der Waals surface area contributed by atoms with E-state index in [-0.39, 0.29) is 12.3 Å². The highest BCUT2D eigenvalue weighted by Gasteiger charge is 2.13. The molecule has 0 aliphatic carbocycles. The number of nitrogens with one attached hydrogen (secondary N) is 2. The minimum Gasteiger partial charge on any atom is -0.465 e. The molecule has 136 valence electrons. The Morgan fingerprint density at radius 1 is 0.962 bits per heavy atom. The van der Waals surface area contributed by atoms with Crippen molar-refractivity contribution >= 4 is 29.2 Å². The highest BCUT2D eigenvalue weighted by molar-refractivity contribution is 6.08. The first kappa shape index (κ1) is 19.2. The van der Waals surface area contributed by atoms with Crippen molar-refractivity contribution in [2.45, 2.75) is 26.7 Å². The highest BCUT2D eigenvalue weighted by Crippen LogP contribution is 2.21. The largest absolute Gasteiger partial charge is 0.465 e. The average molecular weight is 354 g/mol. The van der Waals surface area contributed by atoms with Crippen LogP contribution in [0.4, 0.5) is 11.4 Å². The monoisotopic (exact) mass is 354 g/mol. The topological polar surface area (TPSA) is 84.5 Å². The van der Waals surface area contributed by atoms with Gasteiger partial charge in [0, 0.05) is 11.4 Å². The molecule has 0 spiro atoms. The van der Waals surface area contributed by atoms with Crippen molar-refractivity contribution in [3.8, 4) is 0 Å². The molecule has 0 heterocycles. The standard InChI is InChI=1S/C20H22N2O4/c1-4-14-7-5-6-13(2)19(14)22-18(24)12-17(23)21-16-10-8-15(9-11-16)20(25)26-3/h5-11H,4,12H2,1-3H3,(H,21,23)(H,22,24). The maximum absolute atomic E-state index is 12.2. The Morgan fingerprint density at radius 2 is 1.62 bits per heavy atom. The number of methoxy groups -OCH3 is 1. The molecular formula is C20H22N2O4. The van der Waals surface area contributed by atoms with Crippen molar-refractivity contribution in [2.75, 3.05) is 17.7 Å². The van der Waals surface area contributed by atoms with Crippen molar-refractivity contribution < 1.29 is 19.1 Å². The number of hydrogen-bond donors (Lipinski definition) is 2. The number of esters is 1. The first-order valence-electron chi connectivity index (χ1n) is 8.31. The van der Waals surface area contributed by atoms with Crippen LogP contribution >= 0.6 is 0 Å². The minimum atomic E-state index is -0.452. The second-order valence-electron chi connectivity index (χ2n) is 5.80. The predicted octanol–water partition coefficient (Wildman–Crippen LogP) is 3.31. The van der Waals surface area contributed by atoms with Gasteiger partial charge in [0.2, 0.25) is 11.8 Å². The first-order valence-corrected chi connectivity index (χ1v) is 8.31. The molecule has 2 aromatic carbocycles. The summed E-state index contributed by atoms with van der Waals surface area (Å²) in [5.41, 5.74) is 3.62. The normalized spacial score (nSPS) is 10.1. The number of aryl methyl sites for hydroxylation is 2. The SMILES string of the molecule is CCc1cccc(C)c1NC(=O)CC(=O)Nc1ccc(C(=O)OC)cc1. The van der Waals surface area contributed by atoms with E-state index in [0.29, 0.717) is 11.3 Å². The number of rotatable bonds is 6. The summed E-state index contributed by atoms with van der Waals surface area (Å²) >= 11 is 0. The van der Waals surface area contributed by atoms with Crippen LogP contribution < -0.4 is 10.6 Å². The van der Waals surface area contributed by atoms with Crippen LogP contribution in [-0.2, 0) is 20.7 Å². The van der Waals surface area contributed by atoms with Gasteiger partial charge in [-0.1, -0.05) is 25.1 Å². The lowest BCUT2D eigenvalue weighted by Crippen LogP contribution is -2.22. The summed E-state index contributed by atoms with van der Waals surface area (Å²) in [6.45, 7) is 3.92. The number of para-hydroxylation sites is 1. The average Bonchev–Trinajstić information content (AvgIpc) is 2.63. The molecule has 0 unspecified atom stereocenters. The predicted molar refractivity (Wildman–Crippen MR) is 100 cm³/mol. The Balaban J connectivity index is 1.95. The van der Waals surface area contributed by atoms with Gasteiger partial charge in [0.1, 0.15) is 6.42 Å². The van der Waals surface area contributed by atoms with Gasteiger partial charge in [0.05, 0.1) is 12.7 Å². The number of anilines is 2. The van der Waals surface area contributed by atoms with Crippen LogP contribution in [0.1, 0.15) is 34.8 Å². The number of ether oxygens (including phenoxy) is 1. The van der Waals surface area contributed by atoms with Crippen LogP contribution in [0.25, 0.3) is 0 Å². The van der Waals surface area contributed by atoms with Gasteiger partial charge in [0.25, 0.3) is 0 Å². The van der Waals surface area contributed by atoms with Gasteiger partial charge in [-0.3, -0.25) is 9.59 Å².